The van der Waals surface area contributed by atoms with E-state index >= 15 is 0 Å². The second-order valence-electron chi connectivity index (χ2n) is 6.21. The van der Waals surface area contributed by atoms with E-state index in [1.54, 1.807) is 24.3 Å². The van der Waals surface area contributed by atoms with Gasteiger partial charge in [0.15, 0.2) is 0 Å². The number of hydrogen-bond donors (Lipinski definition) is 1. The first-order chi connectivity index (χ1) is 12.0. The van der Waals surface area contributed by atoms with Crippen LogP contribution in [0.15, 0.2) is 30.3 Å². The zero-order valence-corrected chi connectivity index (χ0v) is 15.7. The van der Waals surface area contributed by atoms with Gasteiger partial charge in [-0.2, -0.15) is 0 Å². The van der Waals surface area contributed by atoms with E-state index in [9.17, 15) is 9.18 Å². The number of rotatable bonds is 4. The monoisotopic (exact) mass is 381 g/mol. The lowest BCUT2D eigenvalue weighted by atomic mass is 10.1. The Balaban J connectivity index is 1.44. The third-order valence-corrected chi connectivity index (χ3v) is 5.56. The number of amides is 2. The van der Waals surface area contributed by atoms with Crippen LogP contribution < -0.4 is 5.32 Å². The molecule has 1 saturated heterocycles. The van der Waals surface area contributed by atoms with E-state index in [4.69, 9.17) is 11.6 Å². The summed E-state index contributed by atoms with van der Waals surface area (Å²) in [5.41, 5.74) is 1.38. The summed E-state index contributed by atoms with van der Waals surface area (Å²) in [4.78, 5) is 17.6. The summed E-state index contributed by atoms with van der Waals surface area (Å²) in [6.07, 6.45) is 0. The van der Waals surface area contributed by atoms with Crippen molar-refractivity contribution >= 4 is 29.0 Å². The Bertz CT molecular complexity index is 744. The second kappa shape index (κ2) is 8.17. The molecule has 1 aromatic heterocycles. The summed E-state index contributed by atoms with van der Waals surface area (Å²) in [6.45, 7) is 5.98. The zero-order chi connectivity index (χ0) is 17.8. The van der Waals surface area contributed by atoms with Crippen LogP contribution in [0.5, 0.6) is 0 Å². The Labute approximate surface area is 156 Å². The van der Waals surface area contributed by atoms with E-state index in [2.05, 4.69) is 10.2 Å². The number of carbonyl (C=O) groups excluding carboxylic acids is 1. The van der Waals surface area contributed by atoms with Gasteiger partial charge >= 0.3 is 6.03 Å². The Morgan fingerprint density at radius 2 is 2.00 bits per heavy atom. The number of aryl methyl sites for hydroxylation is 1. The molecule has 1 aliphatic heterocycles. The highest BCUT2D eigenvalue weighted by atomic mass is 35.5. The van der Waals surface area contributed by atoms with Crippen molar-refractivity contribution in [1.29, 1.82) is 0 Å². The number of halogens is 2. The van der Waals surface area contributed by atoms with E-state index in [1.165, 1.54) is 10.9 Å². The largest absolute Gasteiger partial charge is 0.334 e. The molecule has 4 nitrogen and oxygen atoms in total. The summed E-state index contributed by atoms with van der Waals surface area (Å²) in [6, 6.07) is 8.90. The maximum atomic E-state index is 13.5. The highest BCUT2D eigenvalue weighted by molar-refractivity contribution is 7.16. The minimum Gasteiger partial charge on any atom is -0.334 e. The topological polar surface area (TPSA) is 35.6 Å². The molecule has 2 amide bonds. The summed E-state index contributed by atoms with van der Waals surface area (Å²) >= 11 is 7.56. The quantitative estimate of drug-likeness (QED) is 0.872. The predicted octanol–water partition coefficient (Wildman–Crippen LogP) is 3.88. The van der Waals surface area contributed by atoms with E-state index in [-0.39, 0.29) is 11.8 Å². The molecule has 0 radical (unpaired) electrons. The van der Waals surface area contributed by atoms with Gasteiger partial charge in [0.05, 0.1) is 4.34 Å². The van der Waals surface area contributed by atoms with Crippen LogP contribution in [0.1, 0.15) is 16.0 Å². The SMILES string of the molecule is Cc1ccc(CNC(=O)N2CCN(Cc3ccc(Cl)s3)CC2)cc1F. The number of benzene rings is 1. The fraction of sp³-hybridized carbons (Fsp3) is 0.389. The third kappa shape index (κ3) is 4.93. The van der Waals surface area contributed by atoms with Gasteiger partial charge in [0.1, 0.15) is 5.82 Å². The van der Waals surface area contributed by atoms with Crippen LogP contribution in [0.2, 0.25) is 4.34 Å². The average molecular weight is 382 g/mol. The van der Waals surface area contributed by atoms with Crippen LogP contribution >= 0.6 is 22.9 Å². The number of carbonyl (C=O) groups is 1. The molecule has 0 saturated carbocycles. The molecule has 1 fully saturated rings. The number of urea groups is 1. The van der Waals surface area contributed by atoms with Gasteiger partial charge in [-0.25, -0.2) is 9.18 Å². The van der Waals surface area contributed by atoms with E-state index in [0.717, 1.165) is 29.5 Å². The minimum atomic E-state index is -0.242. The standard InChI is InChI=1S/C18H21ClFN3OS/c1-13-2-3-14(10-16(13)20)11-21-18(24)23-8-6-22(7-9-23)12-15-4-5-17(19)25-15/h2-5,10H,6-9,11-12H2,1H3,(H,21,24). The Kier molecular flexibility index (Phi) is 5.93. The van der Waals surface area contributed by atoms with Gasteiger partial charge in [0, 0.05) is 44.1 Å². The number of nitrogens with one attached hydrogen (secondary N) is 1. The van der Waals surface area contributed by atoms with Gasteiger partial charge in [-0.1, -0.05) is 23.7 Å². The van der Waals surface area contributed by atoms with E-state index in [1.807, 2.05) is 23.1 Å². The van der Waals surface area contributed by atoms with Crippen molar-refractivity contribution in [2.24, 2.45) is 0 Å². The summed E-state index contributed by atoms with van der Waals surface area (Å²) < 4.78 is 14.4. The Morgan fingerprint density at radius 3 is 2.64 bits per heavy atom. The highest BCUT2D eigenvalue weighted by Crippen LogP contribution is 2.23. The van der Waals surface area contributed by atoms with Crippen LogP contribution in [-0.2, 0) is 13.1 Å². The number of nitrogens with zero attached hydrogens (tertiary/aromatic N) is 2. The molecular formula is C18H21ClFN3OS. The molecule has 1 N–H and O–H groups in total. The van der Waals surface area contributed by atoms with Crippen molar-refractivity contribution in [3.8, 4) is 0 Å². The molecule has 25 heavy (non-hydrogen) atoms. The van der Waals surface area contributed by atoms with Crippen LogP contribution in [0.25, 0.3) is 0 Å². The molecule has 3 rings (SSSR count). The maximum absolute atomic E-state index is 13.5. The first kappa shape index (κ1) is 18.2. The average Bonchev–Trinajstić information content (AvgIpc) is 3.01. The van der Waals surface area contributed by atoms with Crippen LogP contribution in [-0.4, -0.2) is 42.0 Å². The summed E-state index contributed by atoms with van der Waals surface area (Å²) in [5, 5.41) is 2.87. The lowest BCUT2D eigenvalue weighted by molar-refractivity contribution is 0.135. The fourth-order valence-corrected chi connectivity index (χ4v) is 3.93. The molecule has 0 aliphatic carbocycles. The Hall–Kier alpha value is -1.63. The molecule has 0 atom stereocenters. The third-order valence-electron chi connectivity index (χ3n) is 4.35. The summed E-state index contributed by atoms with van der Waals surface area (Å²) in [5.74, 6) is -0.242. The predicted molar refractivity (Wildman–Crippen MR) is 99.6 cm³/mol. The molecule has 1 aliphatic rings. The van der Waals surface area contributed by atoms with Crippen molar-refractivity contribution in [2.45, 2.75) is 20.0 Å². The number of hydrogen-bond acceptors (Lipinski definition) is 3. The van der Waals surface area contributed by atoms with Gasteiger partial charge in [-0.15, -0.1) is 11.3 Å². The van der Waals surface area contributed by atoms with Gasteiger partial charge in [-0.3, -0.25) is 4.90 Å². The Morgan fingerprint density at radius 1 is 1.24 bits per heavy atom. The van der Waals surface area contributed by atoms with Crippen LogP contribution in [0, 0.1) is 12.7 Å². The smallest absolute Gasteiger partial charge is 0.317 e. The second-order valence-corrected chi connectivity index (χ2v) is 8.01. The number of thiophene rings is 1. The first-order valence-electron chi connectivity index (χ1n) is 8.25. The first-order valence-corrected chi connectivity index (χ1v) is 9.45. The molecule has 0 bridgehead atoms. The molecule has 0 spiro atoms. The van der Waals surface area contributed by atoms with Gasteiger partial charge in [-0.05, 0) is 36.2 Å². The van der Waals surface area contributed by atoms with Crippen molar-refractivity contribution in [2.75, 3.05) is 26.2 Å². The van der Waals surface area contributed by atoms with E-state index < -0.39 is 0 Å². The minimum absolute atomic E-state index is 0.0974. The molecule has 7 heteroatoms. The van der Waals surface area contributed by atoms with Crippen LogP contribution in [0.3, 0.4) is 0 Å². The fourth-order valence-electron chi connectivity index (χ4n) is 2.80. The molecule has 1 aromatic carbocycles. The van der Waals surface area contributed by atoms with Crippen molar-refractivity contribution in [3.63, 3.8) is 0 Å². The zero-order valence-electron chi connectivity index (χ0n) is 14.1. The maximum Gasteiger partial charge on any atom is 0.317 e. The summed E-state index contributed by atoms with van der Waals surface area (Å²) in [7, 11) is 0. The molecule has 134 valence electrons. The highest BCUT2D eigenvalue weighted by Gasteiger charge is 2.21. The number of piperazine rings is 1. The molecule has 0 unspecified atom stereocenters. The van der Waals surface area contributed by atoms with Crippen molar-refractivity contribution < 1.29 is 9.18 Å². The lowest BCUT2D eigenvalue weighted by Crippen LogP contribution is -2.51. The van der Waals surface area contributed by atoms with Crippen LogP contribution in [0.4, 0.5) is 9.18 Å². The molecule has 2 heterocycles. The lowest BCUT2D eigenvalue weighted by Gasteiger charge is -2.34. The van der Waals surface area contributed by atoms with Gasteiger partial charge in [0.25, 0.3) is 0 Å². The van der Waals surface area contributed by atoms with Crippen molar-refractivity contribution in [1.82, 2.24) is 15.1 Å². The van der Waals surface area contributed by atoms with Gasteiger partial charge in [0.2, 0.25) is 0 Å². The molecular weight excluding hydrogens is 361 g/mol. The van der Waals surface area contributed by atoms with Gasteiger partial charge < -0.3 is 10.2 Å². The normalized spacial score (nSPS) is 15.4. The van der Waals surface area contributed by atoms with Crippen molar-refractivity contribution in [3.05, 3.63) is 56.5 Å². The molecule has 2 aromatic rings. The van der Waals surface area contributed by atoms with E-state index in [0.29, 0.717) is 25.2 Å².